The number of nitrogens with zero attached hydrogens (tertiary/aromatic N) is 5. The van der Waals surface area contributed by atoms with E-state index in [1.807, 2.05) is 42.3 Å². The topological polar surface area (TPSA) is 72.1 Å². The van der Waals surface area contributed by atoms with E-state index < -0.39 is 0 Å². The highest BCUT2D eigenvalue weighted by Crippen LogP contribution is 2.14. The fraction of sp³-hybridized carbons (Fsp3) is 0.261. The highest BCUT2D eigenvalue weighted by atomic mass is 127. The number of halogens is 1. The van der Waals surface area contributed by atoms with Crippen LogP contribution in [0.1, 0.15) is 23.7 Å². The number of aliphatic imine (C=N–C) groups is 1. The number of nitrogens with one attached hydrogen (secondary N) is 2. The molecule has 2 N–H and O–H groups in total. The maximum atomic E-state index is 4.71. The Labute approximate surface area is 199 Å². The van der Waals surface area contributed by atoms with E-state index in [0.29, 0.717) is 13.1 Å². The van der Waals surface area contributed by atoms with Gasteiger partial charge in [0.05, 0.1) is 36.1 Å². The standard InChI is InChI=1S/C23H27N7.HI/c1-3-24-23(26-15-20-12-13-28-29(20)2)25-14-18-8-10-19(11-9-18)16-30-17-27-21-6-4-5-7-22(21)30;/h4-13,17H,3,14-16H2,1-2H3,(H2,24,25,26);1H. The predicted octanol–water partition coefficient (Wildman–Crippen LogP) is 3.69. The van der Waals surface area contributed by atoms with Gasteiger partial charge in [0, 0.05) is 26.3 Å². The highest BCUT2D eigenvalue weighted by molar-refractivity contribution is 14.0. The Hall–Kier alpha value is -2.88. The summed E-state index contributed by atoms with van der Waals surface area (Å²) in [6.07, 6.45) is 3.70. The lowest BCUT2D eigenvalue weighted by molar-refractivity contribution is 0.685. The number of hydrogen-bond acceptors (Lipinski definition) is 3. The molecule has 162 valence electrons. The van der Waals surface area contributed by atoms with Gasteiger partial charge in [0.1, 0.15) is 0 Å². The average molecular weight is 529 g/mol. The molecule has 2 aromatic heterocycles. The molecule has 2 aromatic carbocycles. The van der Waals surface area contributed by atoms with E-state index >= 15 is 0 Å². The van der Waals surface area contributed by atoms with Crippen LogP contribution in [0.4, 0.5) is 0 Å². The number of para-hydroxylation sites is 2. The number of aromatic nitrogens is 4. The van der Waals surface area contributed by atoms with Gasteiger partial charge < -0.3 is 15.2 Å². The van der Waals surface area contributed by atoms with Crippen molar-refractivity contribution in [3.8, 4) is 0 Å². The Kier molecular flexibility index (Phi) is 8.05. The minimum atomic E-state index is 0. The van der Waals surface area contributed by atoms with Crippen molar-refractivity contribution < 1.29 is 0 Å². The summed E-state index contributed by atoms with van der Waals surface area (Å²) in [7, 11) is 1.94. The van der Waals surface area contributed by atoms with Crippen molar-refractivity contribution in [2.24, 2.45) is 12.0 Å². The molecular formula is C23H28IN7. The fourth-order valence-electron chi connectivity index (χ4n) is 3.34. The molecule has 0 aliphatic heterocycles. The maximum Gasteiger partial charge on any atom is 0.191 e. The van der Waals surface area contributed by atoms with E-state index in [1.54, 1.807) is 6.20 Å². The van der Waals surface area contributed by atoms with Gasteiger partial charge in [0.2, 0.25) is 0 Å². The summed E-state index contributed by atoms with van der Waals surface area (Å²) in [5, 5.41) is 10.8. The molecule has 0 bridgehead atoms. The van der Waals surface area contributed by atoms with Crippen LogP contribution in [-0.2, 0) is 26.7 Å². The van der Waals surface area contributed by atoms with Gasteiger partial charge in [-0.15, -0.1) is 24.0 Å². The van der Waals surface area contributed by atoms with Crippen LogP contribution in [0, 0.1) is 0 Å². The molecule has 2 heterocycles. The van der Waals surface area contributed by atoms with Crippen LogP contribution in [0.15, 0.2) is 72.1 Å². The molecule has 0 amide bonds. The van der Waals surface area contributed by atoms with E-state index in [1.165, 1.54) is 11.1 Å². The normalized spacial score (nSPS) is 11.4. The maximum absolute atomic E-state index is 4.71. The molecule has 0 atom stereocenters. The van der Waals surface area contributed by atoms with E-state index in [-0.39, 0.29) is 24.0 Å². The van der Waals surface area contributed by atoms with Crippen LogP contribution in [0.2, 0.25) is 0 Å². The van der Waals surface area contributed by atoms with Crippen LogP contribution < -0.4 is 10.6 Å². The molecule has 4 aromatic rings. The van der Waals surface area contributed by atoms with Gasteiger partial charge in [-0.1, -0.05) is 36.4 Å². The second kappa shape index (κ2) is 10.9. The van der Waals surface area contributed by atoms with E-state index in [2.05, 4.69) is 62.5 Å². The average Bonchev–Trinajstić information content (AvgIpc) is 3.37. The fourth-order valence-corrected chi connectivity index (χ4v) is 3.34. The van der Waals surface area contributed by atoms with Crippen LogP contribution in [-0.4, -0.2) is 31.8 Å². The van der Waals surface area contributed by atoms with E-state index in [9.17, 15) is 0 Å². The van der Waals surface area contributed by atoms with Crippen LogP contribution in [0.3, 0.4) is 0 Å². The Balaban J connectivity index is 0.00000272. The SMILES string of the molecule is CCNC(=NCc1ccc(Cn2cnc3ccccc32)cc1)NCc1ccnn1C.I. The van der Waals surface area contributed by atoms with Gasteiger partial charge in [-0.25, -0.2) is 9.98 Å². The molecule has 0 radical (unpaired) electrons. The first-order valence-corrected chi connectivity index (χ1v) is 10.2. The zero-order valence-electron chi connectivity index (χ0n) is 17.8. The number of guanidine groups is 1. The second-order valence-corrected chi connectivity index (χ2v) is 7.17. The first-order chi connectivity index (χ1) is 14.7. The van der Waals surface area contributed by atoms with Crippen molar-refractivity contribution >= 4 is 41.0 Å². The van der Waals surface area contributed by atoms with Crippen molar-refractivity contribution in [1.29, 1.82) is 0 Å². The third-order valence-corrected chi connectivity index (χ3v) is 5.03. The molecule has 0 aliphatic rings. The number of aryl methyl sites for hydroxylation is 1. The van der Waals surface area contributed by atoms with Crippen molar-refractivity contribution in [3.05, 3.63) is 83.9 Å². The molecule has 8 heteroatoms. The lowest BCUT2D eigenvalue weighted by Crippen LogP contribution is -2.37. The lowest BCUT2D eigenvalue weighted by Gasteiger charge is -2.11. The van der Waals surface area contributed by atoms with Gasteiger partial charge in [0.15, 0.2) is 5.96 Å². The Bertz CT molecular complexity index is 1130. The monoisotopic (exact) mass is 529 g/mol. The van der Waals surface area contributed by atoms with Crippen molar-refractivity contribution in [3.63, 3.8) is 0 Å². The van der Waals surface area contributed by atoms with Crippen LogP contribution >= 0.6 is 24.0 Å². The van der Waals surface area contributed by atoms with Gasteiger partial charge in [0.25, 0.3) is 0 Å². The number of imidazole rings is 1. The van der Waals surface area contributed by atoms with Crippen molar-refractivity contribution in [2.75, 3.05) is 6.54 Å². The quantitative estimate of drug-likeness (QED) is 0.218. The summed E-state index contributed by atoms with van der Waals surface area (Å²) in [4.78, 5) is 9.17. The zero-order valence-corrected chi connectivity index (χ0v) is 20.2. The summed E-state index contributed by atoms with van der Waals surface area (Å²) in [6.45, 7) is 4.99. The van der Waals surface area contributed by atoms with Crippen molar-refractivity contribution in [1.82, 2.24) is 30.0 Å². The predicted molar refractivity (Wildman–Crippen MR) is 136 cm³/mol. The van der Waals surface area contributed by atoms with E-state index in [0.717, 1.165) is 35.8 Å². The first kappa shape index (κ1) is 22.8. The Morgan fingerprint density at radius 3 is 2.52 bits per heavy atom. The summed E-state index contributed by atoms with van der Waals surface area (Å²) < 4.78 is 4.03. The third-order valence-electron chi connectivity index (χ3n) is 5.03. The number of rotatable bonds is 7. The van der Waals surface area contributed by atoms with Gasteiger partial charge in [-0.2, -0.15) is 5.10 Å². The highest BCUT2D eigenvalue weighted by Gasteiger charge is 2.04. The molecule has 7 nitrogen and oxygen atoms in total. The number of hydrogen-bond donors (Lipinski definition) is 2. The molecule has 0 aliphatic carbocycles. The Morgan fingerprint density at radius 1 is 1.00 bits per heavy atom. The molecule has 0 fully saturated rings. The lowest BCUT2D eigenvalue weighted by atomic mass is 10.1. The van der Waals surface area contributed by atoms with Gasteiger partial charge in [-0.3, -0.25) is 4.68 Å². The molecule has 0 unspecified atom stereocenters. The second-order valence-electron chi connectivity index (χ2n) is 7.17. The Morgan fingerprint density at radius 2 is 1.77 bits per heavy atom. The molecular weight excluding hydrogens is 501 g/mol. The molecule has 4 rings (SSSR count). The minimum absolute atomic E-state index is 0. The van der Waals surface area contributed by atoms with Crippen LogP contribution in [0.5, 0.6) is 0 Å². The largest absolute Gasteiger partial charge is 0.357 e. The number of benzene rings is 2. The smallest absolute Gasteiger partial charge is 0.191 e. The molecule has 0 spiro atoms. The minimum Gasteiger partial charge on any atom is -0.357 e. The van der Waals surface area contributed by atoms with Crippen LogP contribution in [0.25, 0.3) is 11.0 Å². The summed E-state index contributed by atoms with van der Waals surface area (Å²) in [5.41, 5.74) is 5.70. The van der Waals surface area contributed by atoms with Gasteiger partial charge in [-0.05, 0) is 36.2 Å². The van der Waals surface area contributed by atoms with Crippen molar-refractivity contribution in [2.45, 2.75) is 26.6 Å². The molecule has 31 heavy (non-hydrogen) atoms. The third kappa shape index (κ3) is 5.84. The molecule has 0 saturated carbocycles. The van der Waals surface area contributed by atoms with Gasteiger partial charge >= 0.3 is 0 Å². The zero-order chi connectivity index (χ0) is 20.8. The summed E-state index contributed by atoms with van der Waals surface area (Å²) >= 11 is 0. The summed E-state index contributed by atoms with van der Waals surface area (Å²) in [5.74, 6) is 0.799. The molecule has 0 saturated heterocycles. The summed E-state index contributed by atoms with van der Waals surface area (Å²) in [6, 6.07) is 18.8. The van der Waals surface area contributed by atoms with E-state index in [4.69, 9.17) is 4.99 Å². The number of fused-ring (bicyclic) bond motifs is 1. The first-order valence-electron chi connectivity index (χ1n) is 10.2.